The molecule has 1 saturated heterocycles. The van der Waals surface area contributed by atoms with E-state index < -0.39 is 0 Å². The van der Waals surface area contributed by atoms with Crippen molar-refractivity contribution in [3.8, 4) is 0 Å². The van der Waals surface area contributed by atoms with E-state index in [1.165, 1.54) is 19.3 Å². The number of hydrogen-bond acceptors (Lipinski definition) is 5. The van der Waals surface area contributed by atoms with Crippen LogP contribution in [0.25, 0.3) is 0 Å². The van der Waals surface area contributed by atoms with E-state index in [0.717, 1.165) is 43.4 Å². The molecule has 0 aromatic carbocycles. The molecule has 20 heavy (non-hydrogen) atoms. The van der Waals surface area contributed by atoms with Gasteiger partial charge in [-0.2, -0.15) is 4.98 Å². The Balaban J connectivity index is 1.80. The average Bonchev–Trinajstić information content (AvgIpc) is 3.12. The van der Waals surface area contributed by atoms with Crippen molar-refractivity contribution >= 4 is 0 Å². The molecule has 2 aliphatic rings. The normalized spacial score (nSPS) is 34.5. The molecule has 3 rings (SSSR count). The Morgan fingerprint density at radius 2 is 2.15 bits per heavy atom. The van der Waals surface area contributed by atoms with Crippen LogP contribution in [-0.2, 0) is 10.3 Å². The lowest BCUT2D eigenvalue weighted by atomic mass is 9.79. The molecule has 1 aromatic rings. The number of nitrogens with zero attached hydrogens (tertiary/aromatic N) is 2. The van der Waals surface area contributed by atoms with Crippen LogP contribution in [0.4, 0.5) is 0 Å². The van der Waals surface area contributed by atoms with Gasteiger partial charge in [-0.1, -0.05) is 12.1 Å². The summed E-state index contributed by atoms with van der Waals surface area (Å²) in [7, 11) is 0. The van der Waals surface area contributed by atoms with Crippen LogP contribution < -0.4 is 5.32 Å². The van der Waals surface area contributed by atoms with E-state index in [-0.39, 0.29) is 11.6 Å². The van der Waals surface area contributed by atoms with Crippen LogP contribution >= 0.6 is 0 Å². The van der Waals surface area contributed by atoms with E-state index in [4.69, 9.17) is 9.26 Å². The van der Waals surface area contributed by atoms with Crippen molar-refractivity contribution in [2.45, 2.75) is 64.0 Å². The Bertz CT molecular complexity index is 432. The summed E-state index contributed by atoms with van der Waals surface area (Å²) in [5, 5.41) is 7.65. The lowest BCUT2D eigenvalue weighted by Gasteiger charge is -2.36. The molecule has 0 spiro atoms. The van der Waals surface area contributed by atoms with Gasteiger partial charge in [0.1, 0.15) is 5.60 Å². The van der Waals surface area contributed by atoms with Gasteiger partial charge in [-0.15, -0.1) is 0 Å². The van der Waals surface area contributed by atoms with Gasteiger partial charge in [-0.05, 0) is 57.9 Å². The standard InChI is InChI=1S/C15H25N3O2/c1-3-19-15(8-6-11(2)7-9-15)14-17-13(20-18-14)12-5-4-10-16-12/h11-12,16H,3-10H2,1-2H3/t11?,12-,15?/m0/s1. The molecule has 1 saturated carbocycles. The van der Waals surface area contributed by atoms with Gasteiger partial charge in [-0.25, -0.2) is 0 Å². The second kappa shape index (κ2) is 5.82. The molecule has 2 fully saturated rings. The smallest absolute Gasteiger partial charge is 0.243 e. The van der Waals surface area contributed by atoms with E-state index in [2.05, 4.69) is 22.4 Å². The maximum Gasteiger partial charge on any atom is 0.243 e. The maximum absolute atomic E-state index is 6.08. The molecule has 1 N–H and O–H groups in total. The molecule has 1 aliphatic heterocycles. The highest BCUT2D eigenvalue weighted by atomic mass is 16.5. The first-order valence-corrected chi connectivity index (χ1v) is 7.95. The molecule has 5 heteroatoms. The van der Waals surface area contributed by atoms with E-state index in [9.17, 15) is 0 Å². The number of hydrogen-bond donors (Lipinski definition) is 1. The quantitative estimate of drug-likeness (QED) is 0.918. The van der Waals surface area contributed by atoms with E-state index in [1.54, 1.807) is 0 Å². The zero-order valence-corrected chi connectivity index (χ0v) is 12.5. The van der Waals surface area contributed by atoms with E-state index >= 15 is 0 Å². The summed E-state index contributed by atoms with van der Waals surface area (Å²) in [4.78, 5) is 4.67. The van der Waals surface area contributed by atoms with Crippen molar-refractivity contribution in [1.82, 2.24) is 15.5 Å². The van der Waals surface area contributed by atoms with E-state index in [1.807, 2.05) is 6.92 Å². The third-order valence-electron chi connectivity index (χ3n) is 4.71. The van der Waals surface area contributed by atoms with Crippen LogP contribution in [0.5, 0.6) is 0 Å². The Labute approximate surface area is 120 Å². The van der Waals surface area contributed by atoms with Gasteiger partial charge < -0.3 is 14.6 Å². The van der Waals surface area contributed by atoms with Crippen molar-refractivity contribution in [3.05, 3.63) is 11.7 Å². The summed E-state index contributed by atoms with van der Waals surface area (Å²) in [5.41, 5.74) is -0.318. The second-order valence-electron chi connectivity index (χ2n) is 6.21. The SMILES string of the molecule is CCOC1(c2noc([C@@H]3CCCN3)n2)CCC(C)CC1. The van der Waals surface area contributed by atoms with Crippen LogP contribution in [0.15, 0.2) is 4.52 Å². The molecule has 0 amide bonds. The molecule has 1 aromatic heterocycles. The monoisotopic (exact) mass is 279 g/mol. The summed E-state index contributed by atoms with van der Waals surface area (Å²) in [6.07, 6.45) is 6.60. The van der Waals surface area contributed by atoms with E-state index in [0.29, 0.717) is 6.61 Å². The first-order chi connectivity index (χ1) is 9.73. The fourth-order valence-electron chi connectivity index (χ4n) is 3.39. The zero-order valence-electron chi connectivity index (χ0n) is 12.5. The van der Waals surface area contributed by atoms with Crippen LogP contribution in [0.1, 0.15) is 70.1 Å². The van der Waals surface area contributed by atoms with Crippen molar-refractivity contribution in [2.75, 3.05) is 13.2 Å². The van der Waals surface area contributed by atoms with Crippen molar-refractivity contribution in [3.63, 3.8) is 0 Å². The fourth-order valence-corrected chi connectivity index (χ4v) is 3.39. The van der Waals surface area contributed by atoms with Gasteiger partial charge in [0, 0.05) is 6.61 Å². The average molecular weight is 279 g/mol. The van der Waals surface area contributed by atoms with Crippen molar-refractivity contribution in [2.24, 2.45) is 5.92 Å². The van der Waals surface area contributed by atoms with Crippen molar-refractivity contribution in [1.29, 1.82) is 0 Å². The van der Waals surface area contributed by atoms with Gasteiger partial charge in [0.25, 0.3) is 0 Å². The van der Waals surface area contributed by atoms with Crippen LogP contribution in [0.3, 0.4) is 0 Å². The Kier molecular flexibility index (Phi) is 4.08. The molecule has 2 heterocycles. The number of aromatic nitrogens is 2. The van der Waals surface area contributed by atoms with Crippen LogP contribution in [-0.4, -0.2) is 23.3 Å². The van der Waals surface area contributed by atoms with Crippen LogP contribution in [0.2, 0.25) is 0 Å². The fraction of sp³-hybridized carbons (Fsp3) is 0.867. The minimum absolute atomic E-state index is 0.234. The summed E-state index contributed by atoms with van der Waals surface area (Å²) >= 11 is 0. The van der Waals surface area contributed by atoms with Crippen LogP contribution in [0, 0.1) is 5.92 Å². The minimum Gasteiger partial charge on any atom is -0.367 e. The molecular weight excluding hydrogens is 254 g/mol. The second-order valence-corrected chi connectivity index (χ2v) is 6.21. The molecule has 0 bridgehead atoms. The van der Waals surface area contributed by atoms with Gasteiger partial charge in [-0.3, -0.25) is 0 Å². The molecule has 5 nitrogen and oxygen atoms in total. The van der Waals surface area contributed by atoms with Gasteiger partial charge in [0.15, 0.2) is 0 Å². The Morgan fingerprint density at radius 1 is 1.35 bits per heavy atom. The van der Waals surface area contributed by atoms with Crippen molar-refractivity contribution < 1.29 is 9.26 Å². The topological polar surface area (TPSA) is 60.2 Å². The molecule has 112 valence electrons. The summed E-state index contributed by atoms with van der Waals surface area (Å²) in [5.74, 6) is 2.26. The molecule has 0 radical (unpaired) electrons. The first kappa shape index (κ1) is 14.0. The lowest BCUT2D eigenvalue weighted by molar-refractivity contribution is -0.0847. The third kappa shape index (κ3) is 2.61. The molecule has 0 unspecified atom stereocenters. The number of rotatable bonds is 4. The van der Waals surface area contributed by atoms with Gasteiger partial charge in [0.2, 0.25) is 11.7 Å². The Morgan fingerprint density at radius 3 is 2.80 bits per heavy atom. The maximum atomic E-state index is 6.08. The minimum atomic E-state index is -0.318. The lowest BCUT2D eigenvalue weighted by Crippen LogP contribution is -2.35. The summed E-state index contributed by atoms with van der Waals surface area (Å²) < 4.78 is 11.6. The molecule has 1 aliphatic carbocycles. The number of nitrogens with one attached hydrogen (secondary N) is 1. The third-order valence-corrected chi connectivity index (χ3v) is 4.71. The summed E-state index contributed by atoms with van der Waals surface area (Å²) in [6, 6.07) is 0.234. The zero-order chi connectivity index (χ0) is 14.0. The first-order valence-electron chi connectivity index (χ1n) is 7.95. The highest BCUT2D eigenvalue weighted by Crippen LogP contribution is 2.41. The largest absolute Gasteiger partial charge is 0.367 e. The molecule has 1 atom stereocenters. The summed E-state index contributed by atoms with van der Waals surface area (Å²) in [6.45, 7) is 6.08. The Hall–Kier alpha value is -0.940. The predicted octanol–water partition coefficient (Wildman–Crippen LogP) is 2.94. The van der Waals surface area contributed by atoms with Gasteiger partial charge in [0.05, 0.1) is 6.04 Å². The van der Waals surface area contributed by atoms with Gasteiger partial charge >= 0.3 is 0 Å². The molecular formula is C15H25N3O2. The highest BCUT2D eigenvalue weighted by Gasteiger charge is 2.41. The highest BCUT2D eigenvalue weighted by molar-refractivity contribution is 5.06. The number of ether oxygens (including phenoxy) is 1. The predicted molar refractivity (Wildman–Crippen MR) is 75.2 cm³/mol.